The van der Waals surface area contributed by atoms with Gasteiger partial charge in [0.15, 0.2) is 6.61 Å². The Labute approximate surface area is 200 Å². The summed E-state index contributed by atoms with van der Waals surface area (Å²) in [6.07, 6.45) is 0. The topological polar surface area (TPSA) is 106 Å². The summed E-state index contributed by atoms with van der Waals surface area (Å²) in [6, 6.07) is 15.0. The van der Waals surface area contributed by atoms with Gasteiger partial charge in [-0.15, -0.1) is 0 Å². The number of aryl methyl sites for hydroxylation is 2. The van der Waals surface area contributed by atoms with Gasteiger partial charge in [-0.2, -0.15) is 0 Å². The number of aromatic nitrogens is 1. The first kappa shape index (κ1) is 23.4. The summed E-state index contributed by atoms with van der Waals surface area (Å²) in [7, 11) is 0. The molecule has 0 saturated carbocycles. The van der Waals surface area contributed by atoms with E-state index in [4.69, 9.17) is 9.72 Å². The first-order chi connectivity index (χ1) is 16.3. The van der Waals surface area contributed by atoms with Crippen molar-refractivity contribution in [1.29, 1.82) is 0 Å². The van der Waals surface area contributed by atoms with E-state index in [-0.39, 0.29) is 30.0 Å². The van der Waals surface area contributed by atoms with Crippen LogP contribution in [0.1, 0.15) is 21.5 Å². The molecule has 8 nitrogen and oxygen atoms in total. The quantitative estimate of drug-likeness (QED) is 0.519. The van der Waals surface area contributed by atoms with Crippen LogP contribution in [0.3, 0.4) is 0 Å². The van der Waals surface area contributed by atoms with E-state index >= 15 is 0 Å². The fourth-order valence-corrected chi connectivity index (χ4v) is 4.50. The van der Waals surface area contributed by atoms with Crippen LogP contribution < -0.4 is 5.32 Å². The molecule has 0 aliphatic carbocycles. The fraction of sp³-hybridized carbons (Fsp3) is 0.240. The Morgan fingerprint density at radius 3 is 2.65 bits per heavy atom. The third-order valence-electron chi connectivity index (χ3n) is 5.43. The SMILES string of the molecule is Cc1ccc(-c2cc(C(=O)OCC(=O)NCCN3C(=O)CSC3=O)c3ccccc3n2)c(C)c1. The van der Waals surface area contributed by atoms with E-state index < -0.39 is 18.5 Å². The number of rotatable bonds is 7. The highest BCUT2D eigenvalue weighted by Gasteiger charge is 2.29. The second-order valence-corrected chi connectivity index (χ2v) is 8.84. The summed E-state index contributed by atoms with van der Waals surface area (Å²) in [5.74, 6) is -1.32. The van der Waals surface area contributed by atoms with Gasteiger partial charge in [0, 0.05) is 24.0 Å². The molecule has 174 valence electrons. The molecule has 1 N–H and O–H groups in total. The van der Waals surface area contributed by atoms with Gasteiger partial charge in [0.25, 0.3) is 11.1 Å². The highest BCUT2D eigenvalue weighted by molar-refractivity contribution is 8.14. The molecule has 34 heavy (non-hydrogen) atoms. The number of thioether (sulfide) groups is 1. The van der Waals surface area contributed by atoms with Crippen LogP contribution in [0.2, 0.25) is 0 Å². The number of fused-ring (bicyclic) bond motifs is 1. The predicted molar refractivity (Wildman–Crippen MR) is 130 cm³/mol. The Kier molecular flexibility index (Phi) is 6.93. The number of amides is 3. The lowest BCUT2D eigenvalue weighted by Crippen LogP contribution is -2.38. The van der Waals surface area contributed by atoms with Gasteiger partial charge in [0.05, 0.1) is 22.5 Å². The van der Waals surface area contributed by atoms with Gasteiger partial charge >= 0.3 is 5.97 Å². The Balaban J connectivity index is 1.46. The zero-order valence-corrected chi connectivity index (χ0v) is 19.6. The number of nitrogens with zero attached hydrogens (tertiary/aromatic N) is 2. The van der Waals surface area contributed by atoms with Crippen molar-refractivity contribution in [1.82, 2.24) is 15.2 Å². The van der Waals surface area contributed by atoms with Crippen molar-refractivity contribution in [3.8, 4) is 11.3 Å². The molecule has 9 heteroatoms. The number of para-hydroxylation sites is 1. The molecular formula is C25H23N3O5S. The van der Waals surface area contributed by atoms with Gasteiger partial charge in [-0.3, -0.25) is 19.3 Å². The van der Waals surface area contributed by atoms with Crippen molar-refractivity contribution in [2.24, 2.45) is 0 Å². The Hall–Kier alpha value is -3.72. The Morgan fingerprint density at radius 1 is 1.12 bits per heavy atom. The molecule has 2 aromatic carbocycles. The summed E-state index contributed by atoms with van der Waals surface area (Å²) in [6.45, 7) is 3.69. The van der Waals surface area contributed by atoms with Crippen molar-refractivity contribution in [2.45, 2.75) is 13.8 Å². The highest BCUT2D eigenvalue weighted by atomic mass is 32.2. The van der Waals surface area contributed by atoms with Crippen LogP contribution in [0.5, 0.6) is 0 Å². The summed E-state index contributed by atoms with van der Waals surface area (Å²) < 4.78 is 5.27. The summed E-state index contributed by atoms with van der Waals surface area (Å²) in [5.41, 5.74) is 4.69. The van der Waals surface area contributed by atoms with E-state index in [0.29, 0.717) is 22.2 Å². The molecule has 1 fully saturated rings. The Bertz CT molecular complexity index is 1290. The minimum absolute atomic E-state index is 0.0820. The monoisotopic (exact) mass is 477 g/mol. The molecule has 3 amide bonds. The van der Waals surface area contributed by atoms with E-state index in [1.54, 1.807) is 12.1 Å². The molecule has 1 aliphatic heterocycles. The molecule has 1 saturated heterocycles. The van der Waals surface area contributed by atoms with Crippen LogP contribution in [0.4, 0.5) is 4.79 Å². The molecule has 0 radical (unpaired) electrons. The van der Waals surface area contributed by atoms with Gasteiger partial charge in [-0.25, -0.2) is 9.78 Å². The van der Waals surface area contributed by atoms with Gasteiger partial charge < -0.3 is 10.1 Å². The van der Waals surface area contributed by atoms with Crippen LogP contribution in [-0.2, 0) is 14.3 Å². The van der Waals surface area contributed by atoms with Crippen LogP contribution in [0, 0.1) is 13.8 Å². The molecule has 0 atom stereocenters. The maximum atomic E-state index is 12.9. The maximum absolute atomic E-state index is 12.9. The second kappa shape index (κ2) is 10.0. The molecule has 1 aliphatic rings. The number of nitrogens with one attached hydrogen (secondary N) is 1. The van der Waals surface area contributed by atoms with E-state index in [1.807, 2.05) is 44.2 Å². The summed E-state index contributed by atoms with van der Waals surface area (Å²) in [4.78, 5) is 54.1. The van der Waals surface area contributed by atoms with Crippen molar-refractivity contribution < 1.29 is 23.9 Å². The lowest BCUT2D eigenvalue weighted by Gasteiger charge is -2.14. The number of hydrogen-bond donors (Lipinski definition) is 1. The number of pyridine rings is 1. The van der Waals surface area contributed by atoms with Crippen LogP contribution in [0.25, 0.3) is 22.2 Å². The van der Waals surface area contributed by atoms with Gasteiger partial charge in [0.1, 0.15) is 0 Å². The maximum Gasteiger partial charge on any atom is 0.339 e. The molecule has 4 rings (SSSR count). The standard InChI is InChI=1S/C25H23N3O5S/c1-15-7-8-17(16(2)11-15)21-12-19(18-5-3-4-6-20(18)27-21)24(31)33-13-22(29)26-9-10-28-23(30)14-34-25(28)32/h3-8,11-12H,9-10,13-14H2,1-2H3,(H,26,29). The first-order valence-electron chi connectivity index (χ1n) is 10.7. The fourth-order valence-electron chi connectivity index (χ4n) is 3.75. The average Bonchev–Trinajstić information content (AvgIpc) is 3.14. The normalized spacial score (nSPS) is 13.4. The van der Waals surface area contributed by atoms with Gasteiger partial charge in [-0.1, -0.05) is 53.7 Å². The molecule has 0 unspecified atom stereocenters. The number of esters is 1. The van der Waals surface area contributed by atoms with E-state index in [0.717, 1.165) is 33.4 Å². The van der Waals surface area contributed by atoms with Gasteiger partial charge in [-0.05, 0) is 31.5 Å². The summed E-state index contributed by atoms with van der Waals surface area (Å²) >= 11 is 0.936. The van der Waals surface area contributed by atoms with Crippen molar-refractivity contribution >= 4 is 45.7 Å². The molecule has 1 aromatic heterocycles. The molecule has 3 aromatic rings. The largest absolute Gasteiger partial charge is 0.452 e. The first-order valence-corrected chi connectivity index (χ1v) is 11.7. The summed E-state index contributed by atoms with van der Waals surface area (Å²) in [5, 5.41) is 2.87. The number of hydrogen-bond acceptors (Lipinski definition) is 7. The Morgan fingerprint density at radius 2 is 1.91 bits per heavy atom. The third kappa shape index (κ3) is 5.09. The van der Waals surface area contributed by atoms with Crippen molar-refractivity contribution in [3.63, 3.8) is 0 Å². The minimum Gasteiger partial charge on any atom is -0.452 e. The molecule has 0 bridgehead atoms. The predicted octanol–water partition coefficient (Wildman–Crippen LogP) is 3.49. The van der Waals surface area contributed by atoms with E-state index in [1.165, 1.54) is 0 Å². The number of carbonyl (C=O) groups is 4. The lowest BCUT2D eigenvalue weighted by atomic mass is 9.99. The van der Waals surface area contributed by atoms with Crippen LogP contribution >= 0.6 is 11.8 Å². The average molecular weight is 478 g/mol. The molecular weight excluding hydrogens is 454 g/mol. The number of ether oxygens (including phenoxy) is 1. The van der Waals surface area contributed by atoms with Crippen molar-refractivity contribution in [3.05, 3.63) is 65.2 Å². The minimum atomic E-state index is -0.638. The van der Waals surface area contributed by atoms with E-state index in [9.17, 15) is 19.2 Å². The number of imide groups is 1. The van der Waals surface area contributed by atoms with Gasteiger partial charge in [0.2, 0.25) is 5.91 Å². The highest BCUT2D eigenvalue weighted by Crippen LogP contribution is 2.28. The number of benzene rings is 2. The third-order valence-corrected chi connectivity index (χ3v) is 6.29. The smallest absolute Gasteiger partial charge is 0.339 e. The van der Waals surface area contributed by atoms with Crippen LogP contribution in [-0.4, -0.2) is 58.4 Å². The second-order valence-electron chi connectivity index (χ2n) is 7.92. The zero-order valence-electron chi connectivity index (χ0n) is 18.8. The zero-order chi connectivity index (χ0) is 24.2. The number of carbonyl (C=O) groups excluding carboxylic acids is 4. The molecule has 0 spiro atoms. The molecule has 2 heterocycles. The van der Waals surface area contributed by atoms with Crippen LogP contribution in [0.15, 0.2) is 48.5 Å². The lowest BCUT2D eigenvalue weighted by molar-refractivity contribution is -0.126. The van der Waals surface area contributed by atoms with Crippen molar-refractivity contribution in [2.75, 3.05) is 25.4 Å². The van der Waals surface area contributed by atoms with E-state index in [2.05, 4.69) is 11.4 Å².